The molecule has 0 bridgehead atoms. The lowest BCUT2D eigenvalue weighted by Gasteiger charge is -2.17. The zero-order valence-electron chi connectivity index (χ0n) is 17.4. The van der Waals surface area contributed by atoms with Crippen LogP contribution in [-0.4, -0.2) is 34.8 Å². The van der Waals surface area contributed by atoms with Crippen LogP contribution in [-0.2, 0) is 16.0 Å². The summed E-state index contributed by atoms with van der Waals surface area (Å²) < 4.78 is 10.4. The highest BCUT2D eigenvalue weighted by atomic mass is 16.5. The molecule has 1 atom stereocenters. The highest BCUT2D eigenvalue weighted by Crippen LogP contribution is 2.44. The number of hydrogen-bond acceptors (Lipinski definition) is 5. The van der Waals surface area contributed by atoms with E-state index in [1.807, 2.05) is 48.5 Å². The standard InChI is InChI=1S/C25H20N2O6/c28-23(29)21(12-14-9-10-22-20(11-14)26-25(31)33-22)27-24(30)32-13-19-17-7-3-1-5-15(17)16-6-2-4-8-18(16)19/h1-11,19,21H,12-13H2,(H,26,31)(H,27,30)(H,28,29). The molecular formula is C25H20N2O6. The Kier molecular flexibility index (Phi) is 5.18. The molecule has 1 unspecified atom stereocenters. The minimum atomic E-state index is -1.20. The normalized spacial score (nSPS) is 13.3. The van der Waals surface area contributed by atoms with Crippen LogP contribution >= 0.6 is 0 Å². The summed E-state index contributed by atoms with van der Waals surface area (Å²) in [5, 5.41) is 12.0. The lowest BCUT2D eigenvalue weighted by molar-refractivity contribution is -0.139. The number of carbonyl (C=O) groups excluding carboxylic acids is 1. The van der Waals surface area contributed by atoms with Crippen molar-refractivity contribution in [1.82, 2.24) is 10.3 Å². The van der Waals surface area contributed by atoms with Crippen molar-refractivity contribution in [3.05, 3.63) is 94.0 Å². The zero-order valence-corrected chi connectivity index (χ0v) is 17.4. The molecule has 1 aliphatic rings. The number of carboxylic acid groups (broad SMARTS) is 1. The summed E-state index contributed by atoms with van der Waals surface area (Å²) in [5.41, 5.74) is 5.82. The van der Waals surface area contributed by atoms with Gasteiger partial charge in [0.2, 0.25) is 0 Å². The van der Waals surface area contributed by atoms with Crippen molar-refractivity contribution in [2.75, 3.05) is 6.61 Å². The monoisotopic (exact) mass is 444 g/mol. The van der Waals surface area contributed by atoms with Crippen LogP contribution in [0.4, 0.5) is 4.79 Å². The van der Waals surface area contributed by atoms with Crippen LogP contribution in [0.2, 0.25) is 0 Å². The minimum absolute atomic E-state index is 0.0165. The van der Waals surface area contributed by atoms with Gasteiger partial charge in [-0.25, -0.2) is 14.4 Å². The summed E-state index contributed by atoms with van der Waals surface area (Å²) in [4.78, 5) is 38.1. The second-order valence-corrected chi connectivity index (χ2v) is 7.91. The molecule has 0 saturated carbocycles. The number of carboxylic acids is 1. The molecule has 8 nitrogen and oxygen atoms in total. The fraction of sp³-hybridized carbons (Fsp3) is 0.160. The number of rotatable bonds is 6. The molecule has 1 amide bonds. The highest BCUT2D eigenvalue weighted by Gasteiger charge is 2.29. The second-order valence-electron chi connectivity index (χ2n) is 7.91. The van der Waals surface area contributed by atoms with Gasteiger partial charge in [0.05, 0.1) is 5.52 Å². The molecule has 0 radical (unpaired) electrons. The fourth-order valence-electron chi connectivity index (χ4n) is 4.34. The average molecular weight is 444 g/mol. The number of alkyl carbamates (subject to hydrolysis) is 1. The lowest BCUT2D eigenvalue weighted by atomic mass is 9.98. The number of fused-ring (bicyclic) bond motifs is 4. The topological polar surface area (TPSA) is 122 Å². The fourth-order valence-corrected chi connectivity index (χ4v) is 4.34. The maximum absolute atomic E-state index is 12.5. The van der Waals surface area contributed by atoms with Crippen LogP contribution in [0.15, 0.2) is 75.9 Å². The molecule has 166 valence electrons. The van der Waals surface area contributed by atoms with Gasteiger partial charge in [-0.1, -0.05) is 54.6 Å². The Hall–Kier alpha value is -4.33. The van der Waals surface area contributed by atoms with E-state index in [1.165, 1.54) is 0 Å². The van der Waals surface area contributed by atoms with Gasteiger partial charge in [0.25, 0.3) is 0 Å². The molecule has 4 aromatic rings. The lowest BCUT2D eigenvalue weighted by Crippen LogP contribution is -2.42. The maximum atomic E-state index is 12.5. The molecule has 0 spiro atoms. The van der Waals surface area contributed by atoms with Gasteiger partial charge in [-0.15, -0.1) is 0 Å². The van der Waals surface area contributed by atoms with E-state index in [9.17, 15) is 19.5 Å². The maximum Gasteiger partial charge on any atom is 0.417 e. The van der Waals surface area contributed by atoms with Gasteiger partial charge in [-0.3, -0.25) is 4.98 Å². The van der Waals surface area contributed by atoms with E-state index in [4.69, 9.17) is 9.15 Å². The largest absolute Gasteiger partial charge is 0.480 e. The second kappa shape index (κ2) is 8.31. The number of amides is 1. The number of aliphatic carboxylic acids is 1. The first-order chi connectivity index (χ1) is 16.0. The predicted octanol–water partition coefficient (Wildman–Crippen LogP) is 3.66. The number of nitrogens with one attached hydrogen (secondary N) is 2. The third-order valence-electron chi connectivity index (χ3n) is 5.86. The number of aromatic nitrogens is 1. The van der Waals surface area contributed by atoms with Gasteiger partial charge in [0, 0.05) is 12.3 Å². The molecule has 0 fully saturated rings. The van der Waals surface area contributed by atoms with E-state index in [0.717, 1.165) is 22.3 Å². The van der Waals surface area contributed by atoms with Crippen LogP contribution < -0.4 is 11.1 Å². The van der Waals surface area contributed by atoms with Gasteiger partial charge in [-0.2, -0.15) is 0 Å². The van der Waals surface area contributed by atoms with E-state index >= 15 is 0 Å². The number of benzene rings is 3. The van der Waals surface area contributed by atoms with E-state index < -0.39 is 23.9 Å². The summed E-state index contributed by atoms with van der Waals surface area (Å²) in [7, 11) is 0. The Bertz CT molecular complexity index is 1370. The van der Waals surface area contributed by atoms with Gasteiger partial charge in [-0.05, 0) is 39.9 Å². The van der Waals surface area contributed by atoms with Gasteiger partial charge in [0.1, 0.15) is 12.6 Å². The van der Waals surface area contributed by atoms with Crippen LogP contribution in [0.5, 0.6) is 0 Å². The number of H-pyrrole nitrogens is 1. The SMILES string of the molecule is O=C(NC(Cc1ccc2oc(=O)[nH]c2c1)C(=O)O)OCC1c2ccccc2-c2ccccc21. The summed E-state index contributed by atoms with van der Waals surface area (Å²) in [5.74, 6) is -1.90. The van der Waals surface area contributed by atoms with E-state index in [1.54, 1.807) is 18.2 Å². The first-order valence-electron chi connectivity index (χ1n) is 10.5. The molecule has 8 heteroatoms. The molecule has 1 aromatic heterocycles. The number of ether oxygens (including phenoxy) is 1. The molecule has 5 rings (SSSR count). The first kappa shape index (κ1) is 20.6. The van der Waals surface area contributed by atoms with Gasteiger partial charge >= 0.3 is 17.8 Å². The van der Waals surface area contributed by atoms with Crippen molar-refractivity contribution in [2.45, 2.75) is 18.4 Å². The molecule has 0 aliphatic heterocycles. The first-order valence-corrected chi connectivity index (χ1v) is 10.5. The summed E-state index contributed by atoms with van der Waals surface area (Å²) in [6.07, 6.45) is -0.787. The third-order valence-corrected chi connectivity index (χ3v) is 5.86. The van der Waals surface area contributed by atoms with Crippen LogP contribution in [0.25, 0.3) is 22.2 Å². The minimum Gasteiger partial charge on any atom is -0.480 e. The summed E-state index contributed by atoms with van der Waals surface area (Å²) >= 11 is 0. The summed E-state index contributed by atoms with van der Waals surface area (Å²) in [6.45, 7) is 0.0917. The van der Waals surface area contributed by atoms with Crippen LogP contribution in [0, 0.1) is 0 Å². The molecule has 1 aliphatic carbocycles. The zero-order chi connectivity index (χ0) is 22.9. The van der Waals surface area contributed by atoms with E-state index in [-0.39, 0.29) is 18.9 Å². The number of aromatic amines is 1. The van der Waals surface area contributed by atoms with Crippen molar-refractivity contribution in [3.63, 3.8) is 0 Å². The number of oxazole rings is 1. The van der Waals surface area contributed by atoms with Gasteiger partial charge in [0.15, 0.2) is 5.58 Å². The Labute approximate surface area is 187 Å². The van der Waals surface area contributed by atoms with Crippen LogP contribution in [0.3, 0.4) is 0 Å². The Morgan fingerprint density at radius 3 is 2.36 bits per heavy atom. The number of carbonyl (C=O) groups is 2. The Balaban J connectivity index is 1.27. The predicted molar refractivity (Wildman–Crippen MR) is 120 cm³/mol. The van der Waals surface area contributed by atoms with Crippen LogP contribution in [0.1, 0.15) is 22.6 Å². The average Bonchev–Trinajstić information content (AvgIpc) is 3.33. The summed E-state index contributed by atoms with van der Waals surface area (Å²) in [6, 6.07) is 19.6. The molecule has 3 aromatic carbocycles. The smallest absolute Gasteiger partial charge is 0.417 e. The van der Waals surface area contributed by atoms with Crippen molar-refractivity contribution >= 4 is 23.2 Å². The third kappa shape index (κ3) is 3.98. The Morgan fingerprint density at radius 1 is 1.03 bits per heavy atom. The molecule has 3 N–H and O–H groups in total. The van der Waals surface area contributed by atoms with Crippen molar-refractivity contribution in [3.8, 4) is 11.1 Å². The quantitative estimate of drug-likeness (QED) is 0.417. The van der Waals surface area contributed by atoms with Crippen molar-refractivity contribution in [1.29, 1.82) is 0 Å². The van der Waals surface area contributed by atoms with Crippen molar-refractivity contribution < 1.29 is 23.8 Å². The Morgan fingerprint density at radius 2 is 1.70 bits per heavy atom. The molecule has 0 saturated heterocycles. The highest BCUT2D eigenvalue weighted by molar-refractivity contribution is 5.81. The molecule has 1 heterocycles. The molecular weight excluding hydrogens is 424 g/mol. The molecule has 33 heavy (non-hydrogen) atoms. The van der Waals surface area contributed by atoms with Crippen molar-refractivity contribution in [2.24, 2.45) is 0 Å². The number of hydrogen-bond donors (Lipinski definition) is 3. The van der Waals surface area contributed by atoms with E-state index in [2.05, 4.69) is 10.3 Å². The van der Waals surface area contributed by atoms with E-state index in [0.29, 0.717) is 16.7 Å². The van der Waals surface area contributed by atoms with Gasteiger partial charge < -0.3 is 19.6 Å².